The third-order valence-corrected chi connectivity index (χ3v) is 3.54. The van der Waals surface area contributed by atoms with Crippen LogP contribution >= 0.6 is 0 Å². The Morgan fingerprint density at radius 2 is 1.71 bits per heavy atom. The molecule has 1 aromatic carbocycles. The van der Waals surface area contributed by atoms with Gasteiger partial charge >= 0.3 is 0 Å². The van der Waals surface area contributed by atoms with Crippen LogP contribution in [-0.2, 0) is 13.1 Å². The lowest BCUT2D eigenvalue weighted by molar-refractivity contribution is 0.389. The molecule has 122 valence electrons. The molecule has 6 heteroatoms. The first kappa shape index (κ1) is 15.9. The van der Waals surface area contributed by atoms with Crippen molar-refractivity contribution in [2.24, 2.45) is 0 Å². The van der Waals surface area contributed by atoms with Crippen molar-refractivity contribution < 1.29 is 5.21 Å². The van der Waals surface area contributed by atoms with Gasteiger partial charge in [-0.3, -0.25) is 15.7 Å². The molecule has 2 heterocycles. The Morgan fingerprint density at radius 3 is 2.54 bits per heavy atom. The number of hydrogen-bond donors (Lipinski definition) is 4. The summed E-state index contributed by atoms with van der Waals surface area (Å²) >= 11 is 0. The number of benzene rings is 1. The minimum Gasteiger partial charge on any atom is -0.340 e. The van der Waals surface area contributed by atoms with Crippen LogP contribution in [0.15, 0.2) is 67.1 Å². The van der Waals surface area contributed by atoms with Crippen molar-refractivity contribution in [2.45, 2.75) is 13.1 Å². The monoisotopic (exact) mass is 321 g/mol. The number of nitrogens with one attached hydrogen (secondary N) is 3. The first-order chi connectivity index (χ1) is 11.8. The zero-order chi connectivity index (χ0) is 16.6. The Hall–Kier alpha value is -2.96. The van der Waals surface area contributed by atoms with Crippen molar-refractivity contribution in [2.75, 3.05) is 10.8 Å². The second-order valence-corrected chi connectivity index (χ2v) is 5.29. The van der Waals surface area contributed by atoms with Gasteiger partial charge in [-0.1, -0.05) is 12.1 Å². The molecule has 0 aliphatic heterocycles. The van der Waals surface area contributed by atoms with E-state index in [1.807, 2.05) is 42.5 Å². The summed E-state index contributed by atoms with van der Waals surface area (Å²) in [5.41, 5.74) is 5.86. The Kier molecular flexibility index (Phi) is 5.34. The summed E-state index contributed by atoms with van der Waals surface area (Å²) in [5.74, 6) is 0.787. The lowest BCUT2D eigenvalue weighted by atomic mass is 10.2. The minimum atomic E-state index is 0.619. The van der Waals surface area contributed by atoms with E-state index in [0.717, 1.165) is 23.6 Å². The third-order valence-electron chi connectivity index (χ3n) is 3.54. The van der Waals surface area contributed by atoms with E-state index in [1.54, 1.807) is 24.7 Å². The average molecular weight is 321 g/mol. The fraction of sp³-hybridized carbons (Fsp3) is 0.111. The molecule has 0 saturated heterocycles. The smallest absolute Gasteiger partial charge is 0.134 e. The van der Waals surface area contributed by atoms with Gasteiger partial charge in [0.2, 0.25) is 0 Å². The van der Waals surface area contributed by atoms with Gasteiger partial charge in [0.15, 0.2) is 0 Å². The van der Waals surface area contributed by atoms with E-state index < -0.39 is 0 Å². The normalized spacial score (nSPS) is 10.4. The number of rotatable bonds is 7. The van der Waals surface area contributed by atoms with Gasteiger partial charge < -0.3 is 10.6 Å². The van der Waals surface area contributed by atoms with Crippen LogP contribution in [0.3, 0.4) is 0 Å². The molecule has 0 atom stereocenters. The molecule has 3 aromatic rings. The number of pyridine rings is 2. The standard InChI is InChI=1S/C18H19N5O/c24-23-17-5-1-4-16(11-17)22-18-15(3-2-8-21-18)13-20-12-14-6-9-19-10-7-14/h1-11,20,23-24H,12-13H2,(H,21,22). The molecule has 0 spiro atoms. The van der Waals surface area contributed by atoms with Crippen LogP contribution in [0.5, 0.6) is 0 Å². The van der Waals surface area contributed by atoms with Gasteiger partial charge in [0.25, 0.3) is 0 Å². The van der Waals surface area contributed by atoms with Gasteiger partial charge in [0, 0.05) is 42.9 Å². The zero-order valence-electron chi connectivity index (χ0n) is 13.1. The Balaban J connectivity index is 1.66. The highest BCUT2D eigenvalue weighted by atomic mass is 16.5. The SMILES string of the molecule is ONc1cccc(Nc2ncccc2CNCc2ccncc2)c1. The molecule has 0 saturated carbocycles. The first-order valence-electron chi connectivity index (χ1n) is 7.66. The minimum absolute atomic E-state index is 0.619. The Morgan fingerprint density at radius 1 is 0.875 bits per heavy atom. The molecule has 24 heavy (non-hydrogen) atoms. The highest BCUT2D eigenvalue weighted by Crippen LogP contribution is 2.21. The van der Waals surface area contributed by atoms with Gasteiger partial charge in [-0.2, -0.15) is 0 Å². The molecule has 0 unspecified atom stereocenters. The van der Waals surface area contributed by atoms with Crippen molar-refractivity contribution in [1.29, 1.82) is 0 Å². The maximum atomic E-state index is 9.00. The summed E-state index contributed by atoms with van der Waals surface area (Å²) < 4.78 is 0. The van der Waals surface area contributed by atoms with Gasteiger partial charge in [0.1, 0.15) is 5.82 Å². The largest absolute Gasteiger partial charge is 0.340 e. The summed E-state index contributed by atoms with van der Waals surface area (Å²) in [6, 6.07) is 15.3. The fourth-order valence-corrected chi connectivity index (χ4v) is 2.34. The van der Waals surface area contributed by atoms with Crippen LogP contribution in [0.25, 0.3) is 0 Å². The molecule has 6 nitrogen and oxygen atoms in total. The third kappa shape index (κ3) is 4.28. The Labute approximate surface area is 140 Å². The Bertz CT molecular complexity index is 779. The van der Waals surface area contributed by atoms with Crippen molar-refractivity contribution in [1.82, 2.24) is 15.3 Å². The molecular weight excluding hydrogens is 302 g/mol. The van der Waals surface area contributed by atoms with E-state index in [0.29, 0.717) is 12.2 Å². The van der Waals surface area contributed by atoms with Crippen molar-refractivity contribution in [3.05, 3.63) is 78.2 Å². The van der Waals surface area contributed by atoms with Crippen LogP contribution in [-0.4, -0.2) is 15.2 Å². The molecule has 0 aliphatic rings. The average Bonchev–Trinajstić information content (AvgIpc) is 2.64. The first-order valence-corrected chi connectivity index (χ1v) is 7.66. The maximum absolute atomic E-state index is 9.00. The molecule has 3 rings (SSSR count). The van der Waals surface area contributed by atoms with Crippen LogP contribution in [0.2, 0.25) is 0 Å². The second-order valence-electron chi connectivity index (χ2n) is 5.29. The molecular formula is C18H19N5O. The van der Waals surface area contributed by atoms with E-state index >= 15 is 0 Å². The van der Waals surface area contributed by atoms with Crippen LogP contribution < -0.4 is 16.1 Å². The lowest BCUT2D eigenvalue weighted by Gasteiger charge is -2.12. The van der Waals surface area contributed by atoms with E-state index in [2.05, 4.69) is 26.1 Å². The van der Waals surface area contributed by atoms with Crippen LogP contribution in [0.1, 0.15) is 11.1 Å². The molecule has 0 aliphatic carbocycles. The predicted molar refractivity (Wildman–Crippen MR) is 94.2 cm³/mol. The maximum Gasteiger partial charge on any atom is 0.134 e. The summed E-state index contributed by atoms with van der Waals surface area (Å²) in [5, 5.41) is 15.7. The molecule has 4 N–H and O–H groups in total. The molecule has 0 amide bonds. The van der Waals surface area contributed by atoms with Gasteiger partial charge in [-0.25, -0.2) is 4.98 Å². The van der Waals surface area contributed by atoms with E-state index in [9.17, 15) is 0 Å². The number of aromatic nitrogens is 2. The number of anilines is 3. The summed E-state index contributed by atoms with van der Waals surface area (Å²) in [7, 11) is 0. The topological polar surface area (TPSA) is 82.1 Å². The molecule has 0 radical (unpaired) electrons. The highest BCUT2D eigenvalue weighted by molar-refractivity contribution is 5.63. The van der Waals surface area contributed by atoms with Crippen molar-refractivity contribution >= 4 is 17.2 Å². The second kappa shape index (κ2) is 8.05. The molecule has 2 aromatic heterocycles. The van der Waals surface area contributed by atoms with E-state index in [1.165, 1.54) is 5.56 Å². The molecule has 0 bridgehead atoms. The molecule has 0 fully saturated rings. The van der Waals surface area contributed by atoms with Crippen LogP contribution in [0.4, 0.5) is 17.2 Å². The quantitative estimate of drug-likeness (QED) is 0.500. The summed E-state index contributed by atoms with van der Waals surface area (Å²) in [4.78, 5) is 8.43. The van der Waals surface area contributed by atoms with Crippen molar-refractivity contribution in [3.8, 4) is 0 Å². The highest BCUT2D eigenvalue weighted by Gasteiger charge is 2.04. The van der Waals surface area contributed by atoms with E-state index in [4.69, 9.17) is 5.21 Å². The number of nitrogens with zero attached hydrogens (tertiary/aromatic N) is 2. The van der Waals surface area contributed by atoms with Gasteiger partial charge in [0.05, 0.1) is 5.69 Å². The van der Waals surface area contributed by atoms with Crippen molar-refractivity contribution in [3.63, 3.8) is 0 Å². The summed E-state index contributed by atoms with van der Waals surface area (Å²) in [6.45, 7) is 1.46. The van der Waals surface area contributed by atoms with Crippen LogP contribution in [0, 0.1) is 0 Å². The lowest BCUT2D eigenvalue weighted by Crippen LogP contribution is -2.14. The number of hydrogen-bond acceptors (Lipinski definition) is 6. The van der Waals surface area contributed by atoms with Gasteiger partial charge in [-0.05, 0) is 42.0 Å². The summed E-state index contributed by atoms with van der Waals surface area (Å²) in [6.07, 6.45) is 5.33. The zero-order valence-corrected chi connectivity index (χ0v) is 13.1. The predicted octanol–water partition coefficient (Wildman–Crippen LogP) is 3.31. The van der Waals surface area contributed by atoms with E-state index in [-0.39, 0.29) is 0 Å². The van der Waals surface area contributed by atoms with Gasteiger partial charge in [-0.15, -0.1) is 0 Å². The fourth-order valence-electron chi connectivity index (χ4n) is 2.34.